The van der Waals surface area contributed by atoms with E-state index in [1.807, 2.05) is 0 Å². The lowest BCUT2D eigenvalue weighted by Gasteiger charge is -2.09. The number of pyridine rings is 1. The highest BCUT2D eigenvalue weighted by atomic mass is 32.2. The molecule has 0 spiro atoms. The number of aromatic nitrogens is 1. The molecule has 13 heteroatoms. The lowest BCUT2D eigenvalue weighted by atomic mass is 10.2. The number of nitrogens with zero attached hydrogens (tertiary/aromatic N) is 1. The van der Waals surface area contributed by atoms with E-state index in [9.17, 15) is 43.9 Å². The van der Waals surface area contributed by atoms with Crippen molar-refractivity contribution < 1.29 is 48.7 Å². The van der Waals surface area contributed by atoms with Gasteiger partial charge in [-0.05, 0) is 12.1 Å². The van der Waals surface area contributed by atoms with Crippen LogP contribution in [0.3, 0.4) is 0 Å². The molecule has 0 N–H and O–H groups in total. The average Bonchev–Trinajstić information content (AvgIpc) is 2.56. The first-order valence-electron chi connectivity index (χ1n) is 6.19. The van der Waals surface area contributed by atoms with Crippen molar-refractivity contribution in [3.63, 3.8) is 0 Å². The van der Waals surface area contributed by atoms with E-state index in [1.54, 1.807) is 0 Å². The molecule has 2 rings (SSSR count). The number of alkyl halides is 3. The summed E-state index contributed by atoms with van der Waals surface area (Å²) < 4.78 is 116. The number of ether oxygens (including phenoxy) is 1. The summed E-state index contributed by atoms with van der Waals surface area (Å²) in [6, 6.07) is 0.651. The van der Waals surface area contributed by atoms with Crippen molar-refractivity contribution in [2.45, 2.75) is 10.5 Å². The van der Waals surface area contributed by atoms with E-state index in [0.29, 0.717) is 12.3 Å². The summed E-state index contributed by atoms with van der Waals surface area (Å²) in [5, 5.41) is -1.45. The molecule has 0 saturated carbocycles. The summed E-state index contributed by atoms with van der Waals surface area (Å²) in [6.45, 7) is 0. The molecule has 1 aromatic heterocycles. The van der Waals surface area contributed by atoms with Crippen LogP contribution in [0.5, 0.6) is 5.75 Å². The van der Waals surface area contributed by atoms with Crippen LogP contribution in [0.1, 0.15) is 10.4 Å². The Morgan fingerprint density at radius 3 is 1.96 bits per heavy atom. The van der Waals surface area contributed by atoms with Gasteiger partial charge in [-0.2, -0.15) is 22.0 Å². The summed E-state index contributed by atoms with van der Waals surface area (Å²) in [6.07, 6.45) is 0.312. The Morgan fingerprint density at radius 2 is 1.54 bits per heavy atom. The molecule has 0 unspecified atom stereocenters. The average molecular weight is 403 g/mol. The summed E-state index contributed by atoms with van der Waals surface area (Å²) in [7, 11) is -5.78. The van der Waals surface area contributed by atoms with Gasteiger partial charge in [0.15, 0.2) is 16.7 Å². The molecule has 1 heterocycles. The molecule has 0 amide bonds. The van der Waals surface area contributed by atoms with Crippen molar-refractivity contribution in [1.29, 1.82) is 0 Å². The minimum Gasteiger partial charge on any atom is -0.416 e. The van der Waals surface area contributed by atoms with Crippen molar-refractivity contribution in [1.82, 2.24) is 4.98 Å². The Hall–Kier alpha value is -2.70. The first-order valence-corrected chi connectivity index (χ1v) is 7.67. The maximum atomic E-state index is 13.4. The second-order valence-electron chi connectivity index (χ2n) is 4.52. The Morgan fingerprint density at radius 1 is 1.00 bits per heavy atom. The highest BCUT2D eigenvalue weighted by Crippen LogP contribution is 2.30. The largest absolute Gasteiger partial charge is 0.503 e. The molecule has 0 aliphatic carbocycles. The molecule has 140 valence electrons. The topological polar surface area (TPSA) is 73.3 Å². The maximum Gasteiger partial charge on any atom is 0.503 e. The van der Waals surface area contributed by atoms with E-state index in [2.05, 4.69) is 9.72 Å². The normalized spacial score (nSPS) is 12.1. The fourth-order valence-corrected chi connectivity index (χ4v) is 2.25. The molecule has 0 bridgehead atoms. The molecule has 1 aromatic carbocycles. The number of carbonyl (C=O) groups excluding carboxylic acids is 1. The van der Waals surface area contributed by atoms with Crippen molar-refractivity contribution in [3.05, 3.63) is 53.2 Å². The molecule has 2 aromatic rings. The lowest BCUT2D eigenvalue weighted by molar-refractivity contribution is -0.0438. The summed E-state index contributed by atoms with van der Waals surface area (Å²) in [5.74, 6) is -11.2. The highest BCUT2D eigenvalue weighted by molar-refractivity contribution is 7.92. The molecule has 0 aliphatic rings. The summed E-state index contributed by atoms with van der Waals surface area (Å²) in [4.78, 5) is 14.6. The van der Waals surface area contributed by atoms with Gasteiger partial charge in [0, 0.05) is 12.3 Å². The third-order valence-electron chi connectivity index (χ3n) is 2.82. The van der Waals surface area contributed by atoms with Crippen LogP contribution in [-0.2, 0) is 9.84 Å². The Kier molecular flexibility index (Phi) is 4.94. The number of benzene rings is 1. The van der Waals surface area contributed by atoms with Crippen molar-refractivity contribution in [3.8, 4) is 5.75 Å². The number of esters is 1. The van der Waals surface area contributed by atoms with E-state index in [0.717, 1.165) is 0 Å². The number of hydrogen-bond acceptors (Lipinski definition) is 5. The lowest BCUT2D eigenvalue weighted by Crippen LogP contribution is -2.24. The van der Waals surface area contributed by atoms with Crippen molar-refractivity contribution in [2.24, 2.45) is 0 Å². The van der Waals surface area contributed by atoms with Crippen LogP contribution in [-0.4, -0.2) is 24.9 Å². The van der Waals surface area contributed by atoms with Gasteiger partial charge in [0.2, 0.25) is 17.4 Å². The van der Waals surface area contributed by atoms with E-state index >= 15 is 0 Å². The van der Waals surface area contributed by atoms with E-state index in [4.69, 9.17) is 0 Å². The number of carbonyl (C=O) groups is 1. The minimum atomic E-state index is -5.78. The van der Waals surface area contributed by atoms with E-state index < -0.39 is 60.9 Å². The Bertz CT molecular complexity index is 945. The van der Waals surface area contributed by atoms with Crippen LogP contribution in [0, 0.1) is 23.3 Å². The molecule has 5 nitrogen and oxygen atoms in total. The van der Waals surface area contributed by atoms with Crippen LogP contribution in [0.15, 0.2) is 29.4 Å². The zero-order valence-corrected chi connectivity index (χ0v) is 12.8. The van der Waals surface area contributed by atoms with Crippen LogP contribution in [0.25, 0.3) is 0 Å². The number of rotatable bonds is 3. The fourth-order valence-electron chi connectivity index (χ4n) is 1.57. The second-order valence-corrected chi connectivity index (χ2v) is 6.41. The van der Waals surface area contributed by atoms with E-state index in [-0.39, 0.29) is 12.1 Å². The third-order valence-corrected chi connectivity index (χ3v) is 4.22. The molecule has 26 heavy (non-hydrogen) atoms. The van der Waals surface area contributed by atoms with Crippen LogP contribution in [0.2, 0.25) is 0 Å². The first-order chi connectivity index (χ1) is 11.9. The number of sulfone groups is 1. The predicted octanol–water partition coefficient (Wildman–Crippen LogP) is 3.15. The number of halogens is 7. The molecule has 0 saturated heterocycles. The zero-order valence-electron chi connectivity index (χ0n) is 11.9. The van der Waals surface area contributed by atoms with Gasteiger partial charge in [0.1, 0.15) is 0 Å². The van der Waals surface area contributed by atoms with Gasteiger partial charge >= 0.3 is 11.5 Å². The van der Waals surface area contributed by atoms with Crippen molar-refractivity contribution in [2.75, 3.05) is 0 Å². The van der Waals surface area contributed by atoms with Gasteiger partial charge in [-0.3, -0.25) is 0 Å². The predicted molar refractivity (Wildman–Crippen MR) is 68.7 cm³/mol. The third kappa shape index (κ3) is 3.47. The molecule has 0 atom stereocenters. The van der Waals surface area contributed by atoms with Gasteiger partial charge < -0.3 is 4.74 Å². The molecule has 0 radical (unpaired) electrons. The Labute approximate surface area is 139 Å². The highest BCUT2D eigenvalue weighted by Gasteiger charge is 2.47. The molecular formula is C13H4F7NO4S. The second kappa shape index (κ2) is 6.55. The van der Waals surface area contributed by atoms with Crippen LogP contribution < -0.4 is 4.74 Å². The van der Waals surface area contributed by atoms with Crippen molar-refractivity contribution >= 4 is 15.8 Å². The molecule has 0 aliphatic heterocycles. The standard InChI is InChI=1S/C13H4F7NO4S/c14-6-3-7(15)10(17)11(9(6)16)25-12(22)5-1-2-8(21-4-5)26(23,24)13(18,19)20/h1-4H. The van der Waals surface area contributed by atoms with Gasteiger partial charge in [-0.25, -0.2) is 27.0 Å². The minimum absolute atomic E-state index is 0.139. The van der Waals surface area contributed by atoms with Gasteiger partial charge in [-0.1, -0.05) is 0 Å². The van der Waals surface area contributed by atoms with Gasteiger partial charge in [-0.15, -0.1) is 0 Å². The quantitative estimate of drug-likeness (QED) is 0.341. The zero-order chi connectivity index (χ0) is 19.9. The first kappa shape index (κ1) is 19.6. The smallest absolute Gasteiger partial charge is 0.416 e. The fraction of sp³-hybridized carbons (Fsp3) is 0.0769. The monoisotopic (exact) mass is 403 g/mol. The van der Waals surface area contributed by atoms with Gasteiger partial charge in [0.05, 0.1) is 5.56 Å². The molecule has 0 fully saturated rings. The van der Waals surface area contributed by atoms with Crippen LogP contribution in [0.4, 0.5) is 30.7 Å². The molecular weight excluding hydrogens is 399 g/mol. The SMILES string of the molecule is O=C(Oc1c(F)c(F)cc(F)c1F)c1ccc(S(=O)(=O)C(F)(F)F)nc1. The van der Waals surface area contributed by atoms with Crippen LogP contribution >= 0.6 is 0 Å². The Balaban J connectivity index is 2.34. The van der Waals surface area contributed by atoms with E-state index in [1.165, 1.54) is 0 Å². The maximum absolute atomic E-state index is 13.4. The number of hydrogen-bond donors (Lipinski definition) is 0. The van der Waals surface area contributed by atoms with Gasteiger partial charge in [0.25, 0.3) is 9.84 Å². The summed E-state index contributed by atoms with van der Waals surface area (Å²) in [5.41, 5.74) is -6.39. The summed E-state index contributed by atoms with van der Waals surface area (Å²) >= 11 is 0.